The third-order valence-corrected chi connectivity index (χ3v) is 1.98. The molecular formula is C10H17N3O. The molecule has 14 heavy (non-hydrogen) atoms. The minimum absolute atomic E-state index is 0.0666. The van der Waals surface area contributed by atoms with Crippen molar-refractivity contribution in [2.45, 2.75) is 32.4 Å². The second-order valence-corrected chi connectivity index (χ2v) is 3.47. The second-order valence-electron chi connectivity index (χ2n) is 3.47. The first-order chi connectivity index (χ1) is 6.63. The molecule has 2 unspecified atom stereocenters. The largest absolute Gasteiger partial charge is 0.374 e. The van der Waals surface area contributed by atoms with Gasteiger partial charge in [-0.1, -0.05) is 0 Å². The summed E-state index contributed by atoms with van der Waals surface area (Å²) in [6, 6.07) is 2.01. The zero-order chi connectivity index (χ0) is 10.6. The van der Waals surface area contributed by atoms with E-state index < -0.39 is 0 Å². The number of hydrogen-bond donors (Lipinski definition) is 1. The van der Waals surface area contributed by atoms with E-state index >= 15 is 0 Å². The molecule has 2 N–H and O–H groups in total. The van der Waals surface area contributed by atoms with Crippen LogP contribution in [0.3, 0.4) is 0 Å². The molecule has 0 spiro atoms. The topological polar surface area (TPSA) is 61.0 Å². The van der Waals surface area contributed by atoms with E-state index in [0.29, 0.717) is 5.82 Å². The van der Waals surface area contributed by atoms with E-state index in [0.717, 1.165) is 12.1 Å². The van der Waals surface area contributed by atoms with Crippen molar-refractivity contribution < 1.29 is 4.74 Å². The highest BCUT2D eigenvalue weighted by Crippen LogP contribution is 2.10. The molecule has 0 amide bonds. The second kappa shape index (κ2) is 5.02. The van der Waals surface area contributed by atoms with Gasteiger partial charge in [0.15, 0.2) is 5.82 Å². The smallest absolute Gasteiger partial charge is 0.156 e. The summed E-state index contributed by atoms with van der Waals surface area (Å²) < 4.78 is 5.14. The molecule has 0 aliphatic carbocycles. The first-order valence-corrected chi connectivity index (χ1v) is 4.73. The SMILES string of the molecule is COC(C)c1nccc(CC(C)N)n1. The fourth-order valence-corrected chi connectivity index (χ4v) is 1.16. The normalized spacial score (nSPS) is 15.1. The van der Waals surface area contributed by atoms with E-state index in [1.54, 1.807) is 13.3 Å². The van der Waals surface area contributed by atoms with E-state index in [-0.39, 0.29) is 12.1 Å². The molecule has 0 bridgehead atoms. The lowest BCUT2D eigenvalue weighted by atomic mass is 10.2. The van der Waals surface area contributed by atoms with Gasteiger partial charge in [0.25, 0.3) is 0 Å². The van der Waals surface area contributed by atoms with Crippen LogP contribution in [0.15, 0.2) is 12.3 Å². The van der Waals surface area contributed by atoms with E-state index in [2.05, 4.69) is 9.97 Å². The third kappa shape index (κ3) is 3.05. The molecule has 0 aromatic carbocycles. The van der Waals surface area contributed by atoms with Gasteiger partial charge in [-0.2, -0.15) is 0 Å². The molecule has 0 saturated carbocycles. The maximum absolute atomic E-state index is 5.69. The molecule has 4 heteroatoms. The number of nitrogens with two attached hydrogens (primary N) is 1. The summed E-state index contributed by atoms with van der Waals surface area (Å²) in [5.41, 5.74) is 6.66. The maximum Gasteiger partial charge on any atom is 0.156 e. The van der Waals surface area contributed by atoms with Crippen molar-refractivity contribution in [1.82, 2.24) is 9.97 Å². The standard InChI is InChI=1S/C10H17N3O/c1-7(11)6-9-4-5-12-10(13-9)8(2)14-3/h4-5,7-8H,6,11H2,1-3H3. The zero-order valence-corrected chi connectivity index (χ0v) is 8.90. The Morgan fingerprint density at radius 1 is 1.50 bits per heavy atom. The van der Waals surface area contributed by atoms with Crippen LogP contribution in [-0.4, -0.2) is 23.1 Å². The van der Waals surface area contributed by atoms with Crippen LogP contribution in [0.25, 0.3) is 0 Å². The van der Waals surface area contributed by atoms with Crippen LogP contribution in [0.1, 0.15) is 31.5 Å². The van der Waals surface area contributed by atoms with Gasteiger partial charge in [-0.15, -0.1) is 0 Å². The Kier molecular flexibility index (Phi) is 3.98. The van der Waals surface area contributed by atoms with Crippen LogP contribution in [0.5, 0.6) is 0 Å². The van der Waals surface area contributed by atoms with E-state index in [4.69, 9.17) is 10.5 Å². The van der Waals surface area contributed by atoms with Gasteiger partial charge in [-0.05, 0) is 19.9 Å². The molecule has 0 fully saturated rings. The van der Waals surface area contributed by atoms with Crippen LogP contribution in [-0.2, 0) is 11.2 Å². The predicted molar refractivity (Wildman–Crippen MR) is 54.8 cm³/mol. The van der Waals surface area contributed by atoms with Crippen LogP contribution in [0.4, 0.5) is 0 Å². The molecular weight excluding hydrogens is 178 g/mol. The Morgan fingerprint density at radius 3 is 2.79 bits per heavy atom. The highest BCUT2D eigenvalue weighted by molar-refractivity contribution is 5.05. The molecule has 1 rings (SSSR count). The molecule has 1 heterocycles. The quantitative estimate of drug-likeness (QED) is 0.780. The van der Waals surface area contributed by atoms with Crippen molar-refractivity contribution in [3.63, 3.8) is 0 Å². The van der Waals surface area contributed by atoms with Crippen molar-refractivity contribution in [2.75, 3.05) is 7.11 Å². The number of methoxy groups -OCH3 is 1. The summed E-state index contributed by atoms with van der Waals surface area (Å²) >= 11 is 0. The molecule has 4 nitrogen and oxygen atoms in total. The van der Waals surface area contributed by atoms with Crippen molar-refractivity contribution in [2.24, 2.45) is 5.73 Å². The van der Waals surface area contributed by atoms with Crippen molar-refractivity contribution in [3.8, 4) is 0 Å². The van der Waals surface area contributed by atoms with Gasteiger partial charge in [-0.25, -0.2) is 9.97 Å². The number of aromatic nitrogens is 2. The van der Waals surface area contributed by atoms with Gasteiger partial charge in [0.1, 0.15) is 6.10 Å². The first kappa shape index (κ1) is 11.1. The minimum atomic E-state index is -0.0666. The maximum atomic E-state index is 5.69. The summed E-state index contributed by atoms with van der Waals surface area (Å²) in [5.74, 6) is 0.714. The van der Waals surface area contributed by atoms with Crippen LogP contribution in [0.2, 0.25) is 0 Å². The van der Waals surface area contributed by atoms with Crippen molar-refractivity contribution in [1.29, 1.82) is 0 Å². The van der Waals surface area contributed by atoms with E-state index in [9.17, 15) is 0 Å². The molecule has 0 radical (unpaired) electrons. The molecule has 0 saturated heterocycles. The third-order valence-electron chi connectivity index (χ3n) is 1.98. The molecule has 1 aromatic rings. The minimum Gasteiger partial charge on any atom is -0.374 e. The molecule has 2 atom stereocenters. The number of hydrogen-bond acceptors (Lipinski definition) is 4. The van der Waals surface area contributed by atoms with Crippen LogP contribution in [0, 0.1) is 0 Å². The average molecular weight is 195 g/mol. The van der Waals surface area contributed by atoms with Gasteiger partial charge in [0, 0.05) is 31.5 Å². The summed E-state index contributed by atoms with van der Waals surface area (Å²) in [6.45, 7) is 3.88. The van der Waals surface area contributed by atoms with Gasteiger partial charge >= 0.3 is 0 Å². The zero-order valence-electron chi connectivity index (χ0n) is 8.90. The molecule has 0 aliphatic rings. The average Bonchev–Trinajstić information content (AvgIpc) is 2.16. The Labute approximate surface area is 84.5 Å². The van der Waals surface area contributed by atoms with Gasteiger partial charge in [0.05, 0.1) is 0 Å². The van der Waals surface area contributed by atoms with Crippen LogP contribution >= 0.6 is 0 Å². The summed E-state index contributed by atoms with van der Waals surface area (Å²) in [7, 11) is 1.65. The van der Waals surface area contributed by atoms with Gasteiger partial charge in [0.2, 0.25) is 0 Å². The first-order valence-electron chi connectivity index (χ1n) is 4.73. The summed E-state index contributed by atoms with van der Waals surface area (Å²) in [4.78, 5) is 8.51. The van der Waals surface area contributed by atoms with E-state index in [1.165, 1.54) is 0 Å². The highest BCUT2D eigenvalue weighted by Gasteiger charge is 2.08. The molecule has 1 aromatic heterocycles. The fraction of sp³-hybridized carbons (Fsp3) is 0.600. The Morgan fingerprint density at radius 2 is 2.21 bits per heavy atom. The predicted octanol–water partition coefficient (Wildman–Crippen LogP) is 1.07. The summed E-state index contributed by atoms with van der Waals surface area (Å²) in [6.07, 6.45) is 2.45. The summed E-state index contributed by atoms with van der Waals surface area (Å²) in [5, 5.41) is 0. The number of rotatable bonds is 4. The lowest BCUT2D eigenvalue weighted by Crippen LogP contribution is -2.19. The Hall–Kier alpha value is -1.00. The number of nitrogens with zero attached hydrogens (tertiary/aromatic N) is 2. The van der Waals surface area contributed by atoms with E-state index in [1.807, 2.05) is 19.9 Å². The van der Waals surface area contributed by atoms with Gasteiger partial charge < -0.3 is 10.5 Å². The molecule has 78 valence electrons. The Balaban J connectivity index is 2.78. The lowest BCUT2D eigenvalue weighted by molar-refractivity contribution is 0.112. The molecule has 0 aliphatic heterocycles. The lowest BCUT2D eigenvalue weighted by Gasteiger charge is -2.09. The number of ether oxygens (including phenoxy) is 1. The van der Waals surface area contributed by atoms with Crippen molar-refractivity contribution in [3.05, 3.63) is 23.8 Å². The van der Waals surface area contributed by atoms with Crippen molar-refractivity contribution >= 4 is 0 Å². The van der Waals surface area contributed by atoms with Crippen LogP contribution < -0.4 is 5.73 Å². The highest BCUT2D eigenvalue weighted by atomic mass is 16.5. The Bertz CT molecular complexity index is 288. The van der Waals surface area contributed by atoms with Gasteiger partial charge in [-0.3, -0.25) is 0 Å². The fourth-order valence-electron chi connectivity index (χ4n) is 1.16. The monoisotopic (exact) mass is 195 g/mol.